The van der Waals surface area contributed by atoms with Crippen LogP contribution in [0.2, 0.25) is 0 Å². The van der Waals surface area contributed by atoms with E-state index in [0.717, 1.165) is 25.7 Å². The molecule has 6 nitrogen and oxygen atoms in total. The molecule has 0 aliphatic carbocycles. The Bertz CT molecular complexity index is 339. The van der Waals surface area contributed by atoms with Crippen LogP contribution in [0.25, 0.3) is 0 Å². The normalized spacial score (nSPS) is 10.3. The molecule has 0 aromatic heterocycles. The number of hydrogen-bond donors (Lipinski definition) is 0. The van der Waals surface area contributed by atoms with Gasteiger partial charge in [0.2, 0.25) is 0 Å². The molecule has 0 bridgehead atoms. The minimum Gasteiger partial charge on any atom is -0.465 e. The Balaban J connectivity index is 3.27. The fraction of sp³-hybridized carbons (Fsp3) is 0.750. The zero-order valence-electron chi connectivity index (χ0n) is 13.5. The van der Waals surface area contributed by atoms with E-state index in [0.29, 0.717) is 19.8 Å². The predicted octanol–water partition coefficient (Wildman–Crippen LogP) is 2.02. The molecule has 126 valence electrons. The number of hydrogen-bond acceptors (Lipinski definition) is 6. The van der Waals surface area contributed by atoms with E-state index in [-0.39, 0.29) is 36.6 Å². The average Bonchev–Trinajstić information content (AvgIpc) is 2.39. The molecular weight excluding hydrogens is 288 g/mol. The fourth-order valence-electron chi connectivity index (χ4n) is 1.75. The third-order valence-electron chi connectivity index (χ3n) is 2.81. The topological polar surface area (TPSA) is 86.7 Å². The Kier molecular flexibility index (Phi) is 12.2. The summed E-state index contributed by atoms with van der Waals surface area (Å²) in [5.74, 6) is -0.858. The zero-order chi connectivity index (χ0) is 16.8. The molecule has 6 heteroatoms. The molecule has 0 aromatic carbocycles. The monoisotopic (exact) mass is 314 g/mol. The van der Waals surface area contributed by atoms with Crippen LogP contribution in [0.3, 0.4) is 0 Å². The molecule has 0 aliphatic heterocycles. The van der Waals surface area contributed by atoms with Gasteiger partial charge in [-0.1, -0.05) is 6.42 Å². The molecule has 0 rings (SSSR count). The highest BCUT2D eigenvalue weighted by atomic mass is 16.5. The second-order valence-electron chi connectivity index (χ2n) is 5.29. The van der Waals surface area contributed by atoms with Crippen LogP contribution in [0.1, 0.15) is 58.8 Å². The molecule has 0 aromatic rings. The van der Waals surface area contributed by atoms with Crippen LogP contribution in [0.5, 0.6) is 0 Å². The van der Waals surface area contributed by atoms with Gasteiger partial charge in [0.15, 0.2) is 0 Å². The summed E-state index contributed by atoms with van der Waals surface area (Å²) in [4.78, 5) is 43.6. The first-order chi connectivity index (χ1) is 10.4. The van der Waals surface area contributed by atoms with Gasteiger partial charge in [0.1, 0.15) is 23.8 Å². The van der Waals surface area contributed by atoms with Crippen molar-refractivity contribution in [2.75, 3.05) is 19.8 Å². The standard InChI is InChI=1S/C16H26O6/c1-13(17)11-15(19)7-10-21-8-5-3-4-6-9-22-16(20)12-14(2)18/h3-12H2,1-2H3. The van der Waals surface area contributed by atoms with Crippen molar-refractivity contribution < 1.29 is 28.7 Å². The lowest BCUT2D eigenvalue weighted by molar-refractivity contribution is -0.145. The van der Waals surface area contributed by atoms with Gasteiger partial charge < -0.3 is 9.47 Å². The van der Waals surface area contributed by atoms with Gasteiger partial charge in [-0.05, 0) is 33.1 Å². The lowest BCUT2D eigenvalue weighted by atomic mass is 10.2. The van der Waals surface area contributed by atoms with Gasteiger partial charge in [-0.2, -0.15) is 0 Å². The van der Waals surface area contributed by atoms with E-state index < -0.39 is 5.97 Å². The van der Waals surface area contributed by atoms with Gasteiger partial charge in [0.05, 0.1) is 19.6 Å². The molecule has 0 heterocycles. The van der Waals surface area contributed by atoms with Crippen LogP contribution in [-0.2, 0) is 28.7 Å². The molecule has 0 amide bonds. The second kappa shape index (κ2) is 13.1. The Labute approximate surface area is 131 Å². The van der Waals surface area contributed by atoms with Crippen molar-refractivity contribution in [2.45, 2.75) is 58.8 Å². The number of rotatable bonds is 14. The molecule has 0 saturated heterocycles. The summed E-state index contributed by atoms with van der Waals surface area (Å²) >= 11 is 0. The minimum atomic E-state index is -0.467. The Hall–Kier alpha value is -1.56. The van der Waals surface area contributed by atoms with Crippen LogP contribution >= 0.6 is 0 Å². The first-order valence-electron chi connectivity index (χ1n) is 7.65. The highest BCUT2D eigenvalue weighted by molar-refractivity contribution is 5.97. The van der Waals surface area contributed by atoms with Gasteiger partial charge >= 0.3 is 5.97 Å². The van der Waals surface area contributed by atoms with Crippen molar-refractivity contribution in [3.05, 3.63) is 0 Å². The average molecular weight is 314 g/mol. The number of unbranched alkanes of at least 4 members (excludes halogenated alkanes) is 3. The Morgan fingerprint density at radius 3 is 1.91 bits per heavy atom. The third-order valence-corrected chi connectivity index (χ3v) is 2.81. The van der Waals surface area contributed by atoms with Crippen molar-refractivity contribution >= 4 is 23.3 Å². The van der Waals surface area contributed by atoms with Gasteiger partial charge in [-0.25, -0.2) is 0 Å². The van der Waals surface area contributed by atoms with Crippen LogP contribution in [0.4, 0.5) is 0 Å². The van der Waals surface area contributed by atoms with Crippen molar-refractivity contribution in [3.63, 3.8) is 0 Å². The summed E-state index contributed by atoms with van der Waals surface area (Å²) in [6, 6.07) is 0. The molecule has 0 N–H and O–H groups in total. The quantitative estimate of drug-likeness (QED) is 0.277. The van der Waals surface area contributed by atoms with E-state index in [9.17, 15) is 19.2 Å². The van der Waals surface area contributed by atoms with Gasteiger partial charge in [0.25, 0.3) is 0 Å². The lowest BCUT2D eigenvalue weighted by Gasteiger charge is -2.05. The van der Waals surface area contributed by atoms with Crippen LogP contribution < -0.4 is 0 Å². The van der Waals surface area contributed by atoms with E-state index in [1.165, 1.54) is 13.8 Å². The highest BCUT2D eigenvalue weighted by Crippen LogP contribution is 2.02. The molecule has 0 radical (unpaired) electrons. The number of ketones is 3. The minimum absolute atomic E-state index is 0.00823. The number of carbonyl (C=O) groups excluding carboxylic acids is 4. The first kappa shape index (κ1) is 20.4. The number of esters is 1. The molecule has 0 fully saturated rings. The van der Waals surface area contributed by atoms with Crippen molar-refractivity contribution in [1.82, 2.24) is 0 Å². The summed E-state index contributed by atoms with van der Waals surface area (Å²) in [5.41, 5.74) is 0. The molecule has 0 unspecified atom stereocenters. The van der Waals surface area contributed by atoms with Gasteiger partial charge in [-0.3, -0.25) is 19.2 Å². The van der Waals surface area contributed by atoms with Gasteiger partial charge in [0, 0.05) is 13.0 Å². The SMILES string of the molecule is CC(=O)CC(=O)CCOCCCCCCOC(=O)CC(C)=O. The molecule has 0 aliphatic rings. The van der Waals surface area contributed by atoms with Crippen molar-refractivity contribution in [1.29, 1.82) is 0 Å². The summed E-state index contributed by atoms with van der Waals surface area (Å²) in [7, 11) is 0. The Morgan fingerprint density at radius 2 is 1.32 bits per heavy atom. The van der Waals surface area contributed by atoms with Crippen molar-refractivity contribution in [2.24, 2.45) is 0 Å². The summed E-state index contributed by atoms with van der Waals surface area (Å²) in [5, 5.41) is 0. The number of ether oxygens (including phenoxy) is 2. The molecule has 22 heavy (non-hydrogen) atoms. The largest absolute Gasteiger partial charge is 0.465 e. The third kappa shape index (κ3) is 14.8. The maximum atomic E-state index is 11.2. The maximum Gasteiger partial charge on any atom is 0.313 e. The molecular formula is C16H26O6. The fourth-order valence-corrected chi connectivity index (χ4v) is 1.75. The number of carbonyl (C=O) groups is 4. The maximum absolute atomic E-state index is 11.2. The smallest absolute Gasteiger partial charge is 0.313 e. The van der Waals surface area contributed by atoms with E-state index in [4.69, 9.17) is 9.47 Å². The van der Waals surface area contributed by atoms with E-state index in [2.05, 4.69) is 0 Å². The van der Waals surface area contributed by atoms with Crippen molar-refractivity contribution in [3.8, 4) is 0 Å². The second-order valence-corrected chi connectivity index (χ2v) is 5.29. The van der Waals surface area contributed by atoms with E-state index in [1.807, 2.05) is 0 Å². The number of Topliss-reactive ketones (excluding diaryl/α,β-unsaturated/α-hetero) is 3. The Morgan fingerprint density at radius 1 is 0.727 bits per heavy atom. The predicted molar refractivity (Wildman–Crippen MR) is 80.5 cm³/mol. The van der Waals surface area contributed by atoms with E-state index in [1.54, 1.807) is 0 Å². The summed E-state index contributed by atoms with van der Waals surface area (Å²) < 4.78 is 10.2. The zero-order valence-corrected chi connectivity index (χ0v) is 13.5. The van der Waals surface area contributed by atoms with Gasteiger partial charge in [-0.15, -0.1) is 0 Å². The molecule has 0 saturated carbocycles. The lowest BCUT2D eigenvalue weighted by Crippen LogP contribution is -2.10. The summed E-state index contributed by atoms with van der Waals surface area (Å²) in [6.07, 6.45) is 3.63. The first-order valence-corrected chi connectivity index (χ1v) is 7.65. The summed E-state index contributed by atoms with van der Waals surface area (Å²) in [6.45, 7) is 4.03. The van der Waals surface area contributed by atoms with Crippen LogP contribution in [0.15, 0.2) is 0 Å². The highest BCUT2D eigenvalue weighted by Gasteiger charge is 2.06. The molecule has 0 atom stereocenters. The molecule has 0 spiro atoms. The van der Waals surface area contributed by atoms with Crippen LogP contribution in [-0.4, -0.2) is 43.1 Å². The van der Waals surface area contributed by atoms with E-state index >= 15 is 0 Å². The van der Waals surface area contributed by atoms with Crippen LogP contribution in [0, 0.1) is 0 Å².